The minimum Gasteiger partial charge on any atom is -0.465 e. The van der Waals surface area contributed by atoms with Crippen LogP contribution in [0, 0.1) is 17.6 Å². The third kappa shape index (κ3) is 6.97. The van der Waals surface area contributed by atoms with Crippen molar-refractivity contribution in [2.24, 2.45) is 0 Å². The molecule has 0 aromatic carbocycles. The fourth-order valence-corrected chi connectivity index (χ4v) is 2.10. The molecular formula is C17H15Cl2F3N2O4. The normalized spacial score (nSPS) is 10.1. The molecule has 2 rings (SSSR count). The highest BCUT2D eigenvalue weighted by Gasteiger charge is 2.35. The summed E-state index contributed by atoms with van der Waals surface area (Å²) in [6.45, 7) is 3.27. The SMILES string of the molecule is CCOC(=O)C(C(=O)OCC)c1ncc(Cl)cc1F.Fc1cc(Cl)cnc1F. The summed E-state index contributed by atoms with van der Waals surface area (Å²) >= 11 is 10.8. The largest absolute Gasteiger partial charge is 0.465 e. The number of nitrogens with zero attached hydrogens (tertiary/aromatic N) is 2. The maximum atomic E-state index is 13.7. The zero-order valence-corrected chi connectivity index (χ0v) is 16.2. The fraction of sp³-hybridized carbons (Fsp3) is 0.294. The highest BCUT2D eigenvalue weighted by molar-refractivity contribution is 6.30. The van der Waals surface area contributed by atoms with E-state index in [2.05, 4.69) is 9.97 Å². The van der Waals surface area contributed by atoms with Crippen LogP contribution in [0.4, 0.5) is 13.2 Å². The molecule has 11 heteroatoms. The molecule has 0 atom stereocenters. The van der Waals surface area contributed by atoms with Gasteiger partial charge in [0.05, 0.1) is 23.3 Å². The second-order valence-corrected chi connectivity index (χ2v) is 5.76. The van der Waals surface area contributed by atoms with Gasteiger partial charge in [0.1, 0.15) is 11.5 Å². The predicted octanol–water partition coefficient (Wildman–Crippen LogP) is 4.10. The molecule has 2 heterocycles. The number of hydrogen-bond acceptors (Lipinski definition) is 6. The molecule has 0 aliphatic rings. The lowest BCUT2D eigenvalue weighted by Crippen LogP contribution is -2.28. The average molecular weight is 439 g/mol. The molecule has 0 N–H and O–H groups in total. The van der Waals surface area contributed by atoms with E-state index in [1.165, 1.54) is 0 Å². The first kappa shape index (κ1) is 23.6. The van der Waals surface area contributed by atoms with Crippen LogP contribution in [0.25, 0.3) is 0 Å². The molecule has 2 aromatic rings. The first-order valence-corrected chi connectivity index (χ1v) is 8.57. The highest BCUT2D eigenvalue weighted by Crippen LogP contribution is 2.22. The standard InChI is InChI=1S/C12H13ClFNO4.C5H2ClF2N/c1-3-18-11(16)9(12(17)19-4-2)10-8(14)5-7(13)6-15-10;6-3-1-4(7)5(8)9-2-3/h5-6,9H,3-4H2,1-2H3;1-2H. The highest BCUT2D eigenvalue weighted by atomic mass is 35.5. The maximum absolute atomic E-state index is 13.7. The Labute approximate surface area is 168 Å². The van der Waals surface area contributed by atoms with Gasteiger partial charge in [0.25, 0.3) is 0 Å². The van der Waals surface area contributed by atoms with Crippen LogP contribution in [0.5, 0.6) is 0 Å². The first-order valence-electron chi connectivity index (χ1n) is 7.81. The van der Waals surface area contributed by atoms with E-state index >= 15 is 0 Å². The summed E-state index contributed by atoms with van der Waals surface area (Å²) in [6.07, 6.45) is 2.19. The summed E-state index contributed by atoms with van der Waals surface area (Å²) in [5, 5.41) is 0.154. The minimum absolute atomic E-state index is 0.0595. The van der Waals surface area contributed by atoms with E-state index in [1.54, 1.807) is 13.8 Å². The molecule has 0 aliphatic carbocycles. The van der Waals surface area contributed by atoms with Crippen molar-refractivity contribution in [3.63, 3.8) is 0 Å². The van der Waals surface area contributed by atoms with Crippen molar-refractivity contribution >= 4 is 35.1 Å². The van der Waals surface area contributed by atoms with E-state index in [4.69, 9.17) is 32.7 Å². The van der Waals surface area contributed by atoms with Gasteiger partial charge < -0.3 is 9.47 Å². The van der Waals surface area contributed by atoms with E-state index in [0.29, 0.717) is 0 Å². The summed E-state index contributed by atoms with van der Waals surface area (Å²) in [4.78, 5) is 30.1. The average Bonchev–Trinajstić information content (AvgIpc) is 2.62. The van der Waals surface area contributed by atoms with Crippen LogP contribution in [-0.4, -0.2) is 35.1 Å². The third-order valence-corrected chi connectivity index (χ3v) is 3.33. The third-order valence-electron chi connectivity index (χ3n) is 2.92. The van der Waals surface area contributed by atoms with E-state index in [1.807, 2.05) is 0 Å². The molecule has 0 unspecified atom stereocenters. The van der Waals surface area contributed by atoms with Gasteiger partial charge in [-0.1, -0.05) is 23.2 Å². The zero-order valence-electron chi connectivity index (χ0n) is 14.7. The summed E-state index contributed by atoms with van der Waals surface area (Å²) in [6, 6.07) is 1.83. The van der Waals surface area contributed by atoms with Gasteiger partial charge in [0.2, 0.25) is 5.95 Å². The van der Waals surface area contributed by atoms with Gasteiger partial charge in [-0.15, -0.1) is 0 Å². The maximum Gasteiger partial charge on any atom is 0.326 e. The molecule has 0 amide bonds. The smallest absolute Gasteiger partial charge is 0.326 e. The van der Waals surface area contributed by atoms with Crippen LogP contribution >= 0.6 is 23.2 Å². The molecule has 28 heavy (non-hydrogen) atoms. The fourth-order valence-electron chi connectivity index (χ4n) is 1.81. The van der Waals surface area contributed by atoms with Crippen molar-refractivity contribution in [3.8, 4) is 0 Å². The number of carbonyl (C=O) groups excluding carboxylic acids is 2. The molecule has 0 aliphatic heterocycles. The zero-order chi connectivity index (χ0) is 21.3. The quantitative estimate of drug-likeness (QED) is 0.397. The van der Waals surface area contributed by atoms with Crippen LogP contribution in [0.15, 0.2) is 24.5 Å². The number of rotatable bonds is 5. The van der Waals surface area contributed by atoms with Crippen LogP contribution in [0.1, 0.15) is 25.5 Å². The van der Waals surface area contributed by atoms with Gasteiger partial charge >= 0.3 is 11.9 Å². The first-order chi connectivity index (χ1) is 13.2. The molecule has 0 saturated heterocycles. The molecule has 2 aromatic heterocycles. The van der Waals surface area contributed by atoms with Crippen molar-refractivity contribution in [1.29, 1.82) is 0 Å². The van der Waals surface area contributed by atoms with Crippen LogP contribution < -0.4 is 0 Å². The molecule has 0 radical (unpaired) electrons. The Hall–Kier alpha value is -2.39. The topological polar surface area (TPSA) is 78.4 Å². The van der Waals surface area contributed by atoms with Crippen LogP contribution in [0.3, 0.4) is 0 Å². The predicted molar refractivity (Wildman–Crippen MR) is 94.4 cm³/mol. The van der Waals surface area contributed by atoms with E-state index in [-0.39, 0.29) is 29.0 Å². The number of carbonyl (C=O) groups is 2. The Balaban J connectivity index is 0.000000362. The molecule has 152 valence electrons. The Morgan fingerprint density at radius 1 is 0.929 bits per heavy atom. The minimum atomic E-state index is -1.54. The Bertz CT molecular complexity index is 822. The van der Waals surface area contributed by atoms with Gasteiger partial charge in [-0.05, 0) is 26.0 Å². The molecule has 0 fully saturated rings. The number of esters is 2. The Kier molecular flexibility index (Phi) is 9.67. The van der Waals surface area contributed by atoms with E-state index in [0.717, 1.165) is 24.5 Å². The monoisotopic (exact) mass is 438 g/mol. The number of ether oxygens (including phenoxy) is 2. The Morgan fingerprint density at radius 3 is 1.79 bits per heavy atom. The van der Waals surface area contributed by atoms with Crippen molar-refractivity contribution in [2.75, 3.05) is 13.2 Å². The number of hydrogen-bond donors (Lipinski definition) is 0. The van der Waals surface area contributed by atoms with Crippen LogP contribution in [0.2, 0.25) is 10.0 Å². The summed E-state index contributed by atoms with van der Waals surface area (Å²) < 4.78 is 47.2. The molecular weight excluding hydrogens is 424 g/mol. The van der Waals surface area contributed by atoms with Crippen molar-refractivity contribution < 1.29 is 32.2 Å². The second kappa shape index (κ2) is 11.5. The number of halogens is 5. The molecule has 6 nitrogen and oxygen atoms in total. The molecule has 0 bridgehead atoms. The number of pyridine rings is 2. The van der Waals surface area contributed by atoms with Crippen molar-refractivity contribution in [3.05, 3.63) is 57.8 Å². The van der Waals surface area contributed by atoms with Gasteiger partial charge in [-0.25, -0.2) is 13.8 Å². The van der Waals surface area contributed by atoms with Crippen LogP contribution in [-0.2, 0) is 19.1 Å². The lowest BCUT2D eigenvalue weighted by molar-refractivity contribution is -0.157. The van der Waals surface area contributed by atoms with Gasteiger partial charge in [0, 0.05) is 12.4 Å². The summed E-state index contributed by atoms with van der Waals surface area (Å²) in [5.41, 5.74) is -0.360. The van der Waals surface area contributed by atoms with Crippen molar-refractivity contribution in [1.82, 2.24) is 9.97 Å². The van der Waals surface area contributed by atoms with Gasteiger partial charge in [-0.2, -0.15) is 4.39 Å². The van der Waals surface area contributed by atoms with Crippen molar-refractivity contribution in [2.45, 2.75) is 19.8 Å². The molecule has 0 saturated carbocycles. The van der Waals surface area contributed by atoms with E-state index < -0.39 is 35.4 Å². The lowest BCUT2D eigenvalue weighted by atomic mass is 10.0. The van der Waals surface area contributed by atoms with Gasteiger partial charge in [0.15, 0.2) is 11.7 Å². The van der Waals surface area contributed by atoms with Gasteiger partial charge in [-0.3, -0.25) is 14.6 Å². The summed E-state index contributed by atoms with van der Waals surface area (Å²) in [5.74, 6) is -6.37. The molecule has 0 spiro atoms. The number of aromatic nitrogens is 2. The summed E-state index contributed by atoms with van der Waals surface area (Å²) in [7, 11) is 0. The second-order valence-electron chi connectivity index (χ2n) is 4.88. The Morgan fingerprint density at radius 2 is 1.39 bits per heavy atom. The lowest BCUT2D eigenvalue weighted by Gasteiger charge is -2.14. The van der Waals surface area contributed by atoms with E-state index in [9.17, 15) is 22.8 Å².